The molecule has 0 saturated heterocycles. The summed E-state index contributed by atoms with van der Waals surface area (Å²) in [4.78, 5) is 23.5. The summed E-state index contributed by atoms with van der Waals surface area (Å²) in [5, 5.41) is 2.39. The Hall–Kier alpha value is -5.55. The molecule has 0 spiro atoms. The predicted molar refractivity (Wildman–Crippen MR) is 160 cm³/mol. The van der Waals surface area contributed by atoms with Gasteiger partial charge in [-0.3, -0.25) is 9.97 Å². The van der Waals surface area contributed by atoms with E-state index in [1.165, 1.54) is 10.8 Å². The molecular weight excluding hydrogens is 490 g/mol. The monoisotopic (exact) mass is 513 g/mol. The molecule has 3 heterocycles. The highest BCUT2D eigenvalue weighted by Gasteiger charge is 2.17. The van der Waals surface area contributed by atoms with Crippen LogP contribution in [0.4, 0.5) is 0 Å². The number of hydrogen-bond acceptors (Lipinski definition) is 5. The standard InChI is InChI=1S/C35H23N5/c1-2-11-24(12-3-1)28-20-19-26(23-30(28)29-16-10-14-25-13-4-5-15-27(25)29)33-38-34(31-17-6-8-21-36-31)40-35(39-33)32-18-7-9-22-37-32/h1-23H. The van der Waals surface area contributed by atoms with Crippen molar-refractivity contribution in [2.75, 3.05) is 0 Å². The Morgan fingerprint density at radius 2 is 1.00 bits per heavy atom. The zero-order valence-electron chi connectivity index (χ0n) is 21.5. The molecule has 7 rings (SSSR count). The summed E-state index contributed by atoms with van der Waals surface area (Å²) in [5.74, 6) is 1.58. The van der Waals surface area contributed by atoms with Gasteiger partial charge in [0.1, 0.15) is 11.4 Å². The molecule has 0 aliphatic heterocycles. The van der Waals surface area contributed by atoms with E-state index in [2.05, 4.69) is 94.9 Å². The van der Waals surface area contributed by atoms with Gasteiger partial charge in [0.05, 0.1) is 0 Å². The Morgan fingerprint density at radius 1 is 0.375 bits per heavy atom. The number of hydrogen-bond donors (Lipinski definition) is 0. The van der Waals surface area contributed by atoms with Crippen molar-refractivity contribution in [2.24, 2.45) is 0 Å². The number of aromatic nitrogens is 5. The third-order valence-electron chi connectivity index (χ3n) is 6.87. The first-order chi connectivity index (χ1) is 19.8. The molecule has 3 aromatic heterocycles. The van der Waals surface area contributed by atoms with Gasteiger partial charge in [0.15, 0.2) is 17.5 Å². The normalized spacial score (nSPS) is 11.0. The molecule has 0 aliphatic carbocycles. The summed E-state index contributed by atoms with van der Waals surface area (Å²) in [6, 6.07) is 43.2. The fourth-order valence-electron chi connectivity index (χ4n) is 4.96. The van der Waals surface area contributed by atoms with Crippen molar-refractivity contribution in [2.45, 2.75) is 0 Å². The summed E-state index contributed by atoms with van der Waals surface area (Å²) in [5.41, 5.74) is 6.81. The highest BCUT2D eigenvalue weighted by molar-refractivity contribution is 6.01. The number of fused-ring (bicyclic) bond motifs is 1. The quantitative estimate of drug-likeness (QED) is 0.232. The summed E-state index contributed by atoms with van der Waals surface area (Å²) in [6.07, 6.45) is 3.49. The minimum Gasteiger partial charge on any atom is -0.253 e. The van der Waals surface area contributed by atoms with Gasteiger partial charge in [-0.2, -0.15) is 0 Å². The summed E-state index contributed by atoms with van der Waals surface area (Å²) in [7, 11) is 0. The Morgan fingerprint density at radius 3 is 1.70 bits per heavy atom. The van der Waals surface area contributed by atoms with Gasteiger partial charge in [-0.1, -0.05) is 97.1 Å². The van der Waals surface area contributed by atoms with Crippen LogP contribution in [0.3, 0.4) is 0 Å². The second-order valence-electron chi connectivity index (χ2n) is 9.39. The molecular formula is C35H23N5. The summed E-state index contributed by atoms with van der Waals surface area (Å²) >= 11 is 0. The van der Waals surface area contributed by atoms with Crippen LogP contribution in [0.15, 0.2) is 140 Å². The van der Waals surface area contributed by atoms with E-state index in [9.17, 15) is 0 Å². The Bertz CT molecular complexity index is 1880. The topological polar surface area (TPSA) is 64.5 Å². The largest absolute Gasteiger partial charge is 0.253 e. The first kappa shape index (κ1) is 23.6. The zero-order chi connectivity index (χ0) is 26.7. The Labute approximate surface area is 231 Å². The van der Waals surface area contributed by atoms with Gasteiger partial charge in [0.2, 0.25) is 0 Å². The second-order valence-corrected chi connectivity index (χ2v) is 9.39. The molecule has 7 aromatic rings. The molecule has 0 atom stereocenters. The SMILES string of the molecule is c1ccc(-c2ccc(-c3nc(-c4ccccn4)nc(-c4ccccn4)n3)cc2-c2cccc3ccccc23)cc1. The van der Waals surface area contributed by atoms with Gasteiger partial charge in [-0.25, -0.2) is 15.0 Å². The van der Waals surface area contributed by atoms with Crippen LogP contribution in [-0.2, 0) is 0 Å². The minimum absolute atomic E-state index is 0.505. The van der Waals surface area contributed by atoms with E-state index in [-0.39, 0.29) is 0 Å². The third kappa shape index (κ3) is 4.50. The van der Waals surface area contributed by atoms with E-state index in [0.29, 0.717) is 28.9 Å². The number of rotatable bonds is 5. The molecule has 0 N–H and O–H groups in total. The molecule has 0 bridgehead atoms. The van der Waals surface area contributed by atoms with Crippen LogP contribution in [0.25, 0.3) is 67.5 Å². The van der Waals surface area contributed by atoms with Crippen molar-refractivity contribution in [1.29, 1.82) is 0 Å². The van der Waals surface area contributed by atoms with Crippen molar-refractivity contribution in [3.8, 4) is 56.7 Å². The zero-order valence-corrected chi connectivity index (χ0v) is 21.5. The molecule has 5 nitrogen and oxygen atoms in total. The number of benzene rings is 4. The molecule has 4 aromatic carbocycles. The van der Waals surface area contributed by atoms with Crippen LogP contribution in [-0.4, -0.2) is 24.9 Å². The maximum Gasteiger partial charge on any atom is 0.182 e. The molecule has 0 saturated carbocycles. The lowest BCUT2D eigenvalue weighted by Gasteiger charge is -2.15. The maximum atomic E-state index is 4.89. The van der Waals surface area contributed by atoms with Crippen LogP contribution in [0.2, 0.25) is 0 Å². The highest BCUT2D eigenvalue weighted by Crippen LogP contribution is 2.38. The average molecular weight is 514 g/mol. The van der Waals surface area contributed by atoms with Gasteiger partial charge in [-0.15, -0.1) is 0 Å². The highest BCUT2D eigenvalue weighted by atomic mass is 15.1. The van der Waals surface area contributed by atoms with Gasteiger partial charge in [0, 0.05) is 18.0 Å². The average Bonchev–Trinajstić information content (AvgIpc) is 3.05. The number of nitrogens with zero attached hydrogens (tertiary/aromatic N) is 5. The van der Waals surface area contributed by atoms with E-state index >= 15 is 0 Å². The van der Waals surface area contributed by atoms with E-state index in [4.69, 9.17) is 15.0 Å². The van der Waals surface area contributed by atoms with E-state index < -0.39 is 0 Å². The molecule has 40 heavy (non-hydrogen) atoms. The number of pyridine rings is 2. The van der Waals surface area contributed by atoms with E-state index in [1.807, 2.05) is 42.5 Å². The first-order valence-corrected chi connectivity index (χ1v) is 13.1. The molecule has 188 valence electrons. The van der Waals surface area contributed by atoms with Crippen LogP contribution < -0.4 is 0 Å². The van der Waals surface area contributed by atoms with Gasteiger partial charge < -0.3 is 0 Å². The summed E-state index contributed by atoms with van der Waals surface area (Å²) < 4.78 is 0. The fourth-order valence-corrected chi connectivity index (χ4v) is 4.96. The lowest BCUT2D eigenvalue weighted by Crippen LogP contribution is -2.02. The predicted octanol–water partition coefficient (Wildman–Crippen LogP) is 8.15. The van der Waals surface area contributed by atoms with Crippen molar-refractivity contribution in [1.82, 2.24) is 24.9 Å². The Kier molecular flexibility index (Phi) is 6.07. The molecule has 0 radical (unpaired) electrons. The lowest BCUT2D eigenvalue weighted by molar-refractivity contribution is 1.05. The van der Waals surface area contributed by atoms with Crippen LogP contribution in [0.5, 0.6) is 0 Å². The Balaban J connectivity index is 1.47. The lowest BCUT2D eigenvalue weighted by atomic mass is 9.90. The first-order valence-electron chi connectivity index (χ1n) is 13.1. The van der Waals surface area contributed by atoms with Crippen LogP contribution in [0, 0.1) is 0 Å². The minimum atomic E-state index is 0.505. The molecule has 0 amide bonds. The van der Waals surface area contributed by atoms with Crippen molar-refractivity contribution in [3.63, 3.8) is 0 Å². The van der Waals surface area contributed by atoms with Crippen LogP contribution in [0.1, 0.15) is 0 Å². The molecule has 0 unspecified atom stereocenters. The fraction of sp³-hybridized carbons (Fsp3) is 0. The third-order valence-corrected chi connectivity index (χ3v) is 6.87. The van der Waals surface area contributed by atoms with Crippen LogP contribution >= 0.6 is 0 Å². The maximum absolute atomic E-state index is 4.89. The van der Waals surface area contributed by atoms with Crippen molar-refractivity contribution >= 4 is 10.8 Å². The van der Waals surface area contributed by atoms with Gasteiger partial charge >= 0.3 is 0 Å². The van der Waals surface area contributed by atoms with Crippen molar-refractivity contribution in [3.05, 3.63) is 140 Å². The molecule has 5 heteroatoms. The molecule has 0 aliphatic rings. The van der Waals surface area contributed by atoms with Crippen molar-refractivity contribution < 1.29 is 0 Å². The van der Waals surface area contributed by atoms with Gasteiger partial charge in [-0.05, 0) is 63.4 Å². The second kappa shape index (κ2) is 10.3. The molecule has 0 fully saturated rings. The van der Waals surface area contributed by atoms with E-state index in [0.717, 1.165) is 27.8 Å². The van der Waals surface area contributed by atoms with Gasteiger partial charge in [0.25, 0.3) is 0 Å². The van der Waals surface area contributed by atoms with E-state index in [1.54, 1.807) is 12.4 Å². The summed E-state index contributed by atoms with van der Waals surface area (Å²) in [6.45, 7) is 0. The smallest absolute Gasteiger partial charge is 0.182 e.